The first-order chi connectivity index (χ1) is 15.1. The van der Waals surface area contributed by atoms with E-state index in [1.165, 1.54) is 0 Å². The molecule has 1 fully saturated rings. The minimum absolute atomic E-state index is 0.00731. The molecule has 31 heavy (non-hydrogen) atoms. The number of hydrogen-bond donors (Lipinski definition) is 2. The molecule has 8 heteroatoms. The lowest BCUT2D eigenvalue weighted by atomic mass is 9.96. The van der Waals surface area contributed by atoms with Gasteiger partial charge < -0.3 is 24.8 Å². The third kappa shape index (κ3) is 5.01. The van der Waals surface area contributed by atoms with Gasteiger partial charge in [0.2, 0.25) is 0 Å². The molecular formula is C23H25ClN2O5. The maximum Gasteiger partial charge on any atom is 0.309 e. The highest BCUT2D eigenvalue weighted by Gasteiger charge is 2.45. The van der Waals surface area contributed by atoms with Crippen molar-refractivity contribution in [1.82, 2.24) is 5.32 Å². The number of anilines is 1. The van der Waals surface area contributed by atoms with Gasteiger partial charge in [0.1, 0.15) is 0 Å². The van der Waals surface area contributed by atoms with Gasteiger partial charge in [0.15, 0.2) is 0 Å². The third-order valence-electron chi connectivity index (χ3n) is 5.33. The zero-order valence-electron chi connectivity index (χ0n) is 17.1. The van der Waals surface area contributed by atoms with Gasteiger partial charge in [-0.15, -0.1) is 0 Å². The van der Waals surface area contributed by atoms with Gasteiger partial charge in [-0.1, -0.05) is 41.9 Å². The summed E-state index contributed by atoms with van der Waals surface area (Å²) < 4.78 is 17.1. The van der Waals surface area contributed by atoms with Gasteiger partial charge in [0.25, 0.3) is 5.79 Å². The molecule has 0 saturated carbocycles. The number of nitrogens with one attached hydrogen (secondary N) is 2. The Morgan fingerprint density at radius 2 is 1.77 bits per heavy atom. The summed E-state index contributed by atoms with van der Waals surface area (Å²) in [5, 5.41) is 7.11. The van der Waals surface area contributed by atoms with E-state index in [0.717, 1.165) is 16.8 Å². The lowest BCUT2D eigenvalue weighted by Gasteiger charge is -2.32. The molecule has 7 nitrogen and oxygen atoms in total. The molecule has 2 aliphatic rings. The number of carbonyl (C=O) groups is 2. The molecule has 0 aromatic heterocycles. The second kappa shape index (κ2) is 9.68. The summed E-state index contributed by atoms with van der Waals surface area (Å²) in [6, 6.07) is 13.5. The van der Waals surface area contributed by atoms with Crippen molar-refractivity contribution in [3.8, 4) is 0 Å². The van der Waals surface area contributed by atoms with Crippen molar-refractivity contribution in [2.45, 2.75) is 31.7 Å². The predicted octanol–water partition coefficient (Wildman–Crippen LogP) is 3.15. The van der Waals surface area contributed by atoms with Gasteiger partial charge >= 0.3 is 11.9 Å². The molecule has 1 saturated heterocycles. The fourth-order valence-electron chi connectivity index (χ4n) is 3.88. The number of hydrogen-bond acceptors (Lipinski definition) is 7. The number of fused-ring (bicyclic) bond motifs is 2. The molecule has 0 bridgehead atoms. The Labute approximate surface area is 186 Å². The van der Waals surface area contributed by atoms with Crippen LogP contribution in [0.4, 0.5) is 5.69 Å². The summed E-state index contributed by atoms with van der Waals surface area (Å²) in [5.41, 5.74) is 3.35. The summed E-state index contributed by atoms with van der Waals surface area (Å²) in [6.45, 7) is 2.38. The van der Waals surface area contributed by atoms with Crippen LogP contribution in [-0.2, 0) is 42.6 Å². The van der Waals surface area contributed by atoms with Gasteiger partial charge in [-0.3, -0.25) is 9.59 Å². The van der Waals surface area contributed by atoms with E-state index < -0.39 is 17.7 Å². The van der Waals surface area contributed by atoms with Crippen LogP contribution < -0.4 is 10.6 Å². The Morgan fingerprint density at radius 3 is 2.52 bits per heavy atom. The van der Waals surface area contributed by atoms with E-state index in [1.807, 2.05) is 30.3 Å². The van der Waals surface area contributed by atoms with Crippen molar-refractivity contribution in [1.29, 1.82) is 0 Å². The van der Waals surface area contributed by atoms with Crippen LogP contribution in [0.1, 0.15) is 29.5 Å². The molecular weight excluding hydrogens is 420 g/mol. The van der Waals surface area contributed by atoms with Crippen molar-refractivity contribution in [2.24, 2.45) is 0 Å². The van der Waals surface area contributed by atoms with E-state index in [1.54, 1.807) is 12.1 Å². The Balaban J connectivity index is 1.52. The third-order valence-corrected chi connectivity index (χ3v) is 5.65. The summed E-state index contributed by atoms with van der Waals surface area (Å²) in [7, 11) is 0. The number of esters is 2. The maximum absolute atomic E-state index is 12.2. The van der Waals surface area contributed by atoms with Crippen LogP contribution in [0.5, 0.6) is 0 Å². The number of benzene rings is 2. The highest BCUT2D eigenvalue weighted by atomic mass is 35.5. The van der Waals surface area contributed by atoms with Crippen LogP contribution in [0.3, 0.4) is 0 Å². The Morgan fingerprint density at radius 1 is 1.03 bits per heavy atom. The molecule has 2 N–H and O–H groups in total. The van der Waals surface area contributed by atoms with Crippen molar-refractivity contribution in [3.63, 3.8) is 0 Å². The van der Waals surface area contributed by atoms with Crippen molar-refractivity contribution < 1.29 is 23.8 Å². The normalized spacial score (nSPS) is 17.8. The van der Waals surface area contributed by atoms with Crippen molar-refractivity contribution >= 4 is 29.2 Å². The Bertz CT molecular complexity index is 932. The lowest BCUT2D eigenvalue weighted by molar-refractivity contribution is -0.225. The quantitative estimate of drug-likeness (QED) is 0.523. The number of ether oxygens (including phenoxy) is 3. The summed E-state index contributed by atoms with van der Waals surface area (Å²) in [5.74, 6) is -2.40. The number of halogens is 1. The molecule has 2 aliphatic heterocycles. The zero-order valence-corrected chi connectivity index (χ0v) is 17.9. The highest BCUT2D eigenvalue weighted by molar-refractivity contribution is 6.33. The van der Waals surface area contributed by atoms with Crippen molar-refractivity contribution in [2.75, 3.05) is 31.6 Å². The Hall–Kier alpha value is -2.61. The monoisotopic (exact) mass is 444 g/mol. The van der Waals surface area contributed by atoms with Gasteiger partial charge in [-0.25, -0.2) is 0 Å². The molecule has 0 unspecified atom stereocenters. The molecule has 0 amide bonds. The molecule has 4 rings (SSSR count). The molecule has 164 valence electrons. The molecule has 2 aromatic carbocycles. The average Bonchev–Trinajstić information content (AvgIpc) is 3.02. The van der Waals surface area contributed by atoms with Crippen LogP contribution in [0.15, 0.2) is 42.5 Å². The fourth-order valence-corrected chi connectivity index (χ4v) is 4.12. The van der Waals surface area contributed by atoms with E-state index >= 15 is 0 Å². The smallest absolute Gasteiger partial charge is 0.309 e. The van der Waals surface area contributed by atoms with E-state index in [-0.39, 0.29) is 19.4 Å². The first kappa shape index (κ1) is 21.6. The SMILES string of the molecule is O=C1CCC(=O)OC2(CNCCc3c2ccc(Cl)c3NCCOCc2ccccc2)O1. The first-order valence-corrected chi connectivity index (χ1v) is 10.8. The van der Waals surface area contributed by atoms with Crippen LogP contribution in [0.25, 0.3) is 0 Å². The van der Waals surface area contributed by atoms with Crippen LogP contribution >= 0.6 is 11.6 Å². The average molecular weight is 445 g/mol. The molecule has 2 aromatic rings. The van der Waals surface area contributed by atoms with Gasteiger partial charge in [0, 0.05) is 12.1 Å². The topological polar surface area (TPSA) is 85.9 Å². The zero-order chi connectivity index (χ0) is 21.7. The first-order valence-electron chi connectivity index (χ1n) is 10.4. The van der Waals surface area contributed by atoms with E-state index in [0.29, 0.717) is 43.3 Å². The minimum Gasteiger partial charge on any atom is -0.416 e. The minimum atomic E-state index is -1.48. The number of rotatable bonds is 6. The standard InChI is InChI=1S/C23H25ClN2O5/c24-19-7-6-18-17(22(19)26-12-13-29-14-16-4-2-1-3-5-16)10-11-25-15-23(18)30-20(27)8-9-21(28)31-23/h1-7,25-26H,8-15H2. The second-order valence-electron chi connectivity index (χ2n) is 7.54. The fraction of sp³-hybridized carbons (Fsp3) is 0.391. The van der Waals surface area contributed by atoms with Gasteiger partial charge in [0.05, 0.1) is 43.3 Å². The number of carbonyl (C=O) groups excluding carboxylic acids is 2. The maximum atomic E-state index is 12.2. The predicted molar refractivity (Wildman–Crippen MR) is 116 cm³/mol. The lowest BCUT2D eigenvalue weighted by Crippen LogP contribution is -2.43. The van der Waals surface area contributed by atoms with Crippen LogP contribution in [-0.4, -0.2) is 38.2 Å². The summed E-state index contributed by atoms with van der Waals surface area (Å²) >= 11 is 6.50. The van der Waals surface area contributed by atoms with E-state index in [4.69, 9.17) is 25.8 Å². The summed E-state index contributed by atoms with van der Waals surface area (Å²) in [4.78, 5) is 24.4. The second-order valence-corrected chi connectivity index (χ2v) is 7.95. The van der Waals surface area contributed by atoms with E-state index in [2.05, 4.69) is 10.6 Å². The van der Waals surface area contributed by atoms with Gasteiger partial charge in [-0.05, 0) is 36.2 Å². The largest absolute Gasteiger partial charge is 0.416 e. The highest BCUT2D eigenvalue weighted by Crippen LogP contribution is 2.40. The molecule has 0 radical (unpaired) electrons. The van der Waals surface area contributed by atoms with Crippen LogP contribution in [0, 0.1) is 0 Å². The Kier molecular flexibility index (Phi) is 6.75. The molecule has 1 spiro atoms. The summed E-state index contributed by atoms with van der Waals surface area (Å²) in [6.07, 6.45) is 0.653. The molecule has 0 aliphatic carbocycles. The van der Waals surface area contributed by atoms with Crippen LogP contribution in [0.2, 0.25) is 5.02 Å². The molecule has 2 heterocycles. The van der Waals surface area contributed by atoms with Gasteiger partial charge in [-0.2, -0.15) is 0 Å². The van der Waals surface area contributed by atoms with E-state index in [9.17, 15) is 9.59 Å². The molecule has 0 atom stereocenters. The van der Waals surface area contributed by atoms with Crippen molar-refractivity contribution in [3.05, 3.63) is 64.2 Å².